The minimum atomic E-state index is -0.561. The number of amides is 1. The molecule has 0 spiro atoms. The van der Waals surface area contributed by atoms with Crippen molar-refractivity contribution in [2.24, 2.45) is 7.05 Å². The summed E-state index contributed by atoms with van der Waals surface area (Å²) in [7, 11) is 3.75. The standard InChI is InChI=1S/C20H22N2O2/c1-21-13-11-16-17(9-6-10-18(16)21)20(24)22(2)14-12-19(23)15-7-4-3-5-8-15/h3-11,13,19,23H,12,14H2,1-2H3/t19-/m1/s1. The molecule has 3 rings (SSSR count). The molecule has 3 aromatic rings. The van der Waals surface area contributed by atoms with Crippen molar-refractivity contribution in [3.8, 4) is 0 Å². The van der Waals surface area contributed by atoms with Gasteiger partial charge in [0, 0.05) is 43.3 Å². The van der Waals surface area contributed by atoms with E-state index in [2.05, 4.69) is 0 Å². The molecule has 1 heterocycles. The monoisotopic (exact) mass is 322 g/mol. The summed E-state index contributed by atoms with van der Waals surface area (Å²) in [5.74, 6) is -0.0212. The number of aliphatic hydroxyl groups excluding tert-OH is 1. The SMILES string of the molecule is CN(CC[C@@H](O)c1ccccc1)C(=O)c1cccc2c1ccn2C. The molecule has 1 N–H and O–H groups in total. The summed E-state index contributed by atoms with van der Waals surface area (Å²) >= 11 is 0. The van der Waals surface area contributed by atoms with Crippen LogP contribution >= 0.6 is 0 Å². The Labute approximate surface area is 141 Å². The Kier molecular flexibility index (Phi) is 4.67. The Hall–Kier alpha value is -2.59. The van der Waals surface area contributed by atoms with Gasteiger partial charge in [-0.3, -0.25) is 4.79 Å². The van der Waals surface area contributed by atoms with Crippen LogP contribution in [0.2, 0.25) is 0 Å². The average Bonchev–Trinajstić information content (AvgIpc) is 3.01. The van der Waals surface area contributed by atoms with Crippen LogP contribution in [0, 0.1) is 0 Å². The van der Waals surface area contributed by atoms with Gasteiger partial charge in [0.05, 0.1) is 6.10 Å². The van der Waals surface area contributed by atoms with E-state index in [9.17, 15) is 9.90 Å². The number of fused-ring (bicyclic) bond motifs is 1. The Morgan fingerprint density at radius 1 is 1.12 bits per heavy atom. The first-order chi connectivity index (χ1) is 11.6. The van der Waals surface area contributed by atoms with Crippen LogP contribution in [-0.4, -0.2) is 34.1 Å². The summed E-state index contributed by atoms with van der Waals surface area (Å²) in [6.07, 6.45) is 1.91. The summed E-state index contributed by atoms with van der Waals surface area (Å²) in [4.78, 5) is 14.4. The topological polar surface area (TPSA) is 45.5 Å². The van der Waals surface area contributed by atoms with Crippen LogP contribution in [-0.2, 0) is 7.05 Å². The maximum absolute atomic E-state index is 12.8. The Morgan fingerprint density at radius 2 is 1.88 bits per heavy atom. The largest absolute Gasteiger partial charge is 0.388 e. The maximum atomic E-state index is 12.8. The van der Waals surface area contributed by atoms with Crippen LogP contribution in [0.5, 0.6) is 0 Å². The van der Waals surface area contributed by atoms with Crippen LogP contribution in [0.4, 0.5) is 0 Å². The molecule has 0 unspecified atom stereocenters. The summed E-state index contributed by atoms with van der Waals surface area (Å²) < 4.78 is 2.01. The van der Waals surface area contributed by atoms with E-state index in [1.54, 1.807) is 11.9 Å². The van der Waals surface area contributed by atoms with Gasteiger partial charge in [-0.25, -0.2) is 0 Å². The summed E-state index contributed by atoms with van der Waals surface area (Å²) in [6.45, 7) is 0.498. The molecule has 124 valence electrons. The number of aromatic nitrogens is 1. The number of carbonyl (C=O) groups excluding carboxylic acids is 1. The van der Waals surface area contributed by atoms with Gasteiger partial charge < -0.3 is 14.6 Å². The molecule has 0 radical (unpaired) electrons. The fourth-order valence-electron chi connectivity index (χ4n) is 2.95. The number of aliphatic hydroxyl groups is 1. The minimum absolute atomic E-state index is 0.0212. The Morgan fingerprint density at radius 3 is 2.62 bits per heavy atom. The normalized spacial score (nSPS) is 12.3. The maximum Gasteiger partial charge on any atom is 0.254 e. The average molecular weight is 322 g/mol. The fourth-order valence-corrected chi connectivity index (χ4v) is 2.95. The van der Waals surface area contributed by atoms with E-state index in [-0.39, 0.29) is 5.91 Å². The van der Waals surface area contributed by atoms with Crippen molar-refractivity contribution in [2.75, 3.05) is 13.6 Å². The molecule has 2 aromatic carbocycles. The predicted octanol–water partition coefficient (Wildman–Crippen LogP) is 3.37. The summed E-state index contributed by atoms with van der Waals surface area (Å²) in [5, 5.41) is 11.2. The fraction of sp³-hybridized carbons (Fsp3) is 0.250. The number of hydrogen-bond donors (Lipinski definition) is 1. The zero-order chi connectivity index (χ0) is 17.1. The van der Waals surface area contributed by atoms with Gasteiger partial charge in [-0.05, 0) is 30.2 Å². The molecule has 0 aliphatic rings. The van der Waals surface area contributed by atoms with E-state index in [0.717, 1.165) is 16.5 Å². The van der Waals surface area contributed by atoms with Gasteiger partial charge in [0.2, 0.25) is 0 Å². The van der Waals surface area contributed by atoms with Crippen molar-refractivity contribution < 1.29 is 9.90 Å². The lowest BCUT2D eigenvalue weighted by Crippen LogP contribution is -2.28. The van der Waals surface area contributed by atoms with Crippen molar-refractivity contribution in [3.63, 3.8) is 0 Å². The lowest BCUT2D eigenvalue weighted by molar-refractivity contribution is 0.0763. The summed E-state index contributed by atoms with van der Waals surface area (Å²) in [6, 6.07) is 17.3. The van der Waals surface area contributed by atoms with Gasteiger partial charge in [0.1, 0.15) is 0 Å². The number of hydrogen-bond acceptors (Lipinski definition) is 2. The molecule has 0 saturated heterocycles. The highest BCUT2D eigenvalue weighted by atomic mass is 16.3. The van der Waals surface area contributed by atoms with Gasteiger partial charge >= 0.3 is 0 Å². The first-order valence-electron chi connectivity index (χ1n) is 8.10. The zero-order valence-corrected chi connectivity index (χ0v) is 14.0. The second kappa shape index (κ2) is 6.89. The molecule has 4 nitrogen and oxygen atoms in total. The molecule has 0 bridgehead atoms. The van der Waals surface area contributed by atoms with Crippen molar-refractivity contribution in [3.05, 3.63) is 71.9 Å². The third-order valence-corrected chi connectivity index (χ3v) is 4.43. The molecule has 4 heteroatoms. The van der Waals surface area contributed by atoms with Crippen LogP contribution in [0.1, 0.15) is 28.4 Å². The van der Waals surface area contributed by atoms with E-state index in [4.69, 9.17) is 0 Å². The lowest BCUT2D eigenvalue weighted by Gasteiger charge is -2.20. The summed E-state index contributed by atoms with van der Waals surface area (Å²) in [5.41, 5.74) is 2.62. The van der Waals surface area contributed by atoms with Crippen molar-refractivity contribution >= 4 is 16.8 Å². The van der Waals surface area contributed by atoms with E-state index < -0.39 is 6.10 Å². The highest BCUT2D eigenvalue weighted by Crippen LogP contribution is 2.21. The molecular weight excluding hydrogens is 300 g/mol. The van der Waals surface area contributed by atoms with Gasteiger partial charge in [-0.1, -0.05) is 36.4 Å². The van der Waals surface area contributed by atoms with E-state index in [1.807, 2.05) is 72.4 Å². The van der Waals surface area contributed by atoms with Crippen molar-refractivity contribution in [1.29, 1.82) is 0 Å². The molecule has 0 saturated carbocycles. The van der Waals surface area contributed by atoms with Crippen LogP contribution in [0.15, 0.2) is 60.8 Å². The molecule has 1 atom stereocenters. The number of carbonyl (C=O) groups is 1. The first-order valence-corrected chi connectivity index (χ1v) is 8.10. The van der Waals surface area contributed by atoms with Crippen molar-refractivity contribution in [1.82, 2.24) is 9.47 Å². The highest BCUT2D eigenvalue weighted by Gasteiger charge is 2.17. The smallest absolute Gasteiger partial charge is 0.254 e. The van der Waals surface area contributed by atoms with E-state index in [1.165, 1.54) is 0 Å². The van der Waals surface area contributed by atoms with E-state index in [0.29, 0.717) is 18.5 Å². The van der Waals surface area contributed by atoms with Crippen molar-refractivity contribution in [2.45, 2.75) is 12.5 Å². The third kappa shape index (κ3) is 3.19. The molecule has 1 amide bonds. The molecule has 24 heavy (non-hydrogen) atoms. The molecule has 0 aliphatic heterocycles. The number of nitrogens with zero attached hydrogens (tertiary/aromatic N) is 2. The van der Waals surface area contributed by atoms with Gasteiger partial charge in [-0.15, -0.1) is 0 Å². The number of aryl methyl sites for hydroxylation is 1. The first kappa shape index (κ1) is 16.3. The van der Waals surface area contributed by atoms with Gasteiger partial charge in [0.25, 0.3) is 5.91 Å². The van der Waals surface area contributed by atoms with Gasteiger partial charge in [0.15, 0.2) is 0 Å². The van der Waals surface area contributed by atoms with Crippen LogP contribution < -0.4 is 0 Å². The Bertz CT molecular complexity index is 839. The molecular formula is C20H22N2O2. The van der Waals surface area contributed by atoms with Gasteiger partial charge in [-0.2, -0.15) is 0 Å². The Balaban J connectivity index is 1.70. The predicted molar refractivity (Wildman–Crippen MR) is 95.9 cm³/mol. The number of rotatable bonds is 5. The third-order valence-electron chi connectivity index (χ3n) is 4.43. The zero-order valence-electron chi connectivity index (χ0n) is 14.0. The quantitative estimate of drug-likeness (QED) is 0.783. The lowest BCUT2D eigenvalue weighted by atomic mass is 10.1. The minimum Gasteiger partial charge on any atom is -0.388 e. The second-order valence-corrected chi connectivity index (χ2v) is 6.11. The van der Waals surface area contributed by atoms with E-state index >= 15 is 0 Å². The molecule has 0 fully saturated rings. The molecule has 0 aliphatic carbocycles. The molecule has 1 aromatic heterocycles. The van der Waals surface area contributed by atoms with Crippen LogP contribution in [0.3, 0.4) is 0 Å². The van der Waals surface area contributed by atoms with Crippen LogP contribution in [0.25, 0.3) is 10.9 Å². The highest BCUT2D eigenvalue weighted by molar-refractivity contribution is 6.06. The number of benzene rings is 2. The second-order valence-electron chi connectivity index (χ2n) is 6.11.